The summed E-state index contributed by atoms with van der Waals surface area (Å²) in [6, 6.07) is 2.42. The number of nitriles is 1. The monoisotopic (exact) mass is 328 g/mol. The molecule has 0 spiro atoms. The Hall–Kier alpha value is -1.84. The van der Waals surface area contributed by atoms with Crippen LogP contribution in [0.1, 0.15) is 29.5 Å². The first-order valence-electron chi connectivity index (χ1n) is 8.88. The van der Waals surface area contributed by atoms with Gasteiger partial charge in [0.1, 0.15) is 17.7 Å². The molecule has 1 fully saturated rings. The van der Waals surface area contributed by atoms with Crippen LogP contribution < -0.4 is 10.2 Å². The van der Waals surface area contributed by atoms with E-state index in [2.05, 4.69) is 47.2 Å². The van der Waals surface area contributed by atoms with Crippen LogP contribution in [0, 0.1) is 11.3 Å². The molecule has 0 atom stereocenters. The molecule has 2 aliphatic rings. The lowest BCUT2D eigenvalue weighted by Gasteiger charge is -2.31. The Morgan fingerprint density at radius 2 is 1.96 bits per heavy atom. The fourth-order valence-corrected chi connectivity index (χ4v) is 3.59. The molecule has 130 valence electrons. The van der Waals surface area contributed by atoms with Crippen molar-refractivity contribution in [2.24, 2.45) is 0 Å². The lowest BCUT2D eigenvalue weighted by atomic mass is 9.95. The summed E-state index contributed by atoms with van der Waals surface area (Å²) in [5.74, 6) is 1.87. The lowest BCUT2D eigenvalue weighted by Crippen LogP contribution is -2.32. The minimum atomic E-state index is 0.750. The zero-order valence-corrected chi connectivity index (χ0v) is 15.1. The standard InChI is InChI=1S/C18H28N6/c1-22(2)11-7-20-17-15(12-19)14-6-10-23(3)13-16(14)18(21-17)24-8-4-5-9-24/h4-11,13H2,1-3H3,(H,20,21). The van der Waals surface area contributed by atoms with Gasteiger partial charge < -0.3 is 20.0 Å². The van der Waals surface area contributed by atoms with Crippen LogP contribution in [0.3, 0.4) is 0 Å². The molecular weight excluding hydrogens is 300 g/mol. The Kier molecular flexibility index (Phi) is 5.22. The zero-order chi connectivity index (χ0) is 17.1. The van der Waals surface area contributed by atoms with Crippen LogP contribution in [0.5, 0.6) is 0 Å². The Balaban J connectivity index is 1.99. The molecule has 6 nitrogen and oxygen atoms in total. The highest BCUT2D eigenvalue weighted by Gasteiger charge is 2.27. The molecule has 0 aromatic carbocycles. The van der Waals surface area contributed by atoms with Crippen molar-refractivity contribution in [3.05, 3.63) is 16.7 Å². The van der Waals surface area contributed by atoms with Gasteiger partial charge in [0.15, 0.2) is 0 Å². The molecule has 0 amide bonds. The molecule has 24 heavy (non-hydrogen) atoms. The third kappa shape index (κ3) is 3.47. The highest BCUT2D eigenvalue weighted by molar-refractivity contribution is 5.67. The van der Waals surface area contributed by atoms with Gasteiger partial charge in [0.05, 0.1) is 5.56 Å². The van der Waals surface area contributed by atoms with E-state index >= 15 is 0 Å². The van der Waals surface area contributed by atoms with E-state index < -0.39 is 0 Å². The van der Waals surface area contributed by atoms with Gasteiger partial charge in [-0.3, -0.25) is 0 Å². The fraction of sp³-hybridized carbons (Fsp3) is 0.667. The number of nitrogens with zero attached hydrogens (tertiary/aromatic N) is 5. The molecule has 3 rings (SSSR count). The molecule has 0 aliphatic carbocycles. The molecule has 1 aromatic rings. The number of aromatic nitrogens is 1. The SMILES string of the molecule is CN(C)CCNc1nc(N2CCCC2)c2c(c1C#N)CCN(C)C2. The number of likely N-dealkylation sites (N-methyl/N-ethyl adjacent to an activating group) is 2. The highest BCUT2D eigenvalue weighted by Crippen LogP contribution is 2.34. The van der Waals surface area contributed by atoms with Gasteiger partial charge in [-0.15, -0.1) is 0 Å². The summed E-state index contributed by atoms with van der Waals surface area (Å²) < 4.78 is 0. The van der Waals surface area contributed by atoms with E-state index in [1.807, 2.05) is 0 Å². The van der Waals surface area contributed by atoms with Crippen molar-refractivity contribution in [1.29, 1.82) is 5.26 Å². The first-order valence-corrected chi connectivity index (χ1v) is 8.88. The summed E-state index contributed by atoms with van der Waals surface area (Å²) in [6.07, 6.45) is 3.39. The number of rotatable bonds is 5. The molecule has 0 bridgehead atoms. The summed E-state index contributed by atoms with van der Waals surface area (Å²) in [6.45, 7) is 5.76. The summed E-state index contributed by atoms with van der Waals surface area (Å²) in [5.41, 5.74) is 3.22. The largest absolute Gasteiger partial charge is 0.368 e. The molecule has 0 saturated carbocycles. The van der Waals surface area contributed by atoms with Gasteiger partial charge in [0.25, 0.3) is 0 Å². The van der Waals surface area contributed by atoms with Crippen molar-refractivity contribution in [2.45, 2.75) is 25.8 Å². The van der Waals surface area contributed by atoms with E-state index in [1.165, 1.54) is 24.0 Å². The number of fused-ring (bicyclic) bond motifs is 1. The van der Waals surface area contributed by atoms with Gasteiger partial charge in [-0.2, -0.15) is 5.26 Å². The Morgan fingerprint density at radius 1 is 1.21 bits per heavy atom. The molecule has 2 aliphatic heterocycles. The van der Waals surface area contributed by atoms with Crippen molar-refractivity contribution in [1.82, 2.24) is 14.8 Å². The Labute approximate surface area is 145 Å². The van der Waals surface area contributed by atoms with Gasteiger partial charge in [0.2, 0.25) is 0 Å². The Morgan fingerprint density at radius 3 is 2.62 bits per heavy atom. The van der Waals surface area contributed by atoms with Crippen LogP contribution in [0.25, 0.3) is 0 Å². The second-order valence-electron chi connectivity index (χ2n) is 7.14. The second kappa shape index (κ2) is 7.37. The van der Waals surface area contributed by atoms with Crippen LogP contribution in [-0.2, 0) is 13.0 Å². The molecule has 0 unspecified atom stereocenters. The van der Waals surface area contributed by atoms with Gasteiger partial charge in [-0.1, -0.05) is 0 Å². The van der Waals surface area contributed by atoms with Crippen LogP contribution in [-0.4, -0.2) is 68.7 Å². The normalized spacial score (nSPS) is 17.9. The van der Waals surface area contributed by atoms with Gasteiger partial charge in [0, 0.05) is 44.8 Å². The summed E-state index contributed by atoms with van der Waals surface area (Å²) in [7, 11) is 6.25. The fourth-order valence-electron chi connectivity index (χ4n) is 3.59. The summed E-state index contributed by atoms with van der Waals surface area (Å²) in [4.78, 5) is 11.8. The number of nitrogens with one attached hydrogen (secondary N) is 1. The van der Waals surface area contributed by atoms with Crippen molar-refractivity contribution < 1.29 is 0 Å². The predicted molar refractivity (Wildman–Crippen MR) is 97.5 cm³/mol. The van der Waals surface area contributed by atoms with E-state index in [9.17, 15) is 5.26 Å². The zero-order valence-electron chi connectivity index (χ0n) is 15.1. The van der Waals surface area contributed by atoms with E-state index in [-0.39, 0.29) is 0 Å². The maximum atomic E-state index is 9.74. The average Bonchev–Trinajstić information content (AvgIpc) is 3.08. The van der Waals surface area contributed by atoms with Gasteiger partial charge in [-0.25, -0.2) is 4.98 Å². The summed E-state index contributed by atoms with van der Waals surface area (Å²) >= 11 is 0. The minimum Gasteiger partial charge on any atom is -0.368 e. The van der Waals surface area contributed by atoms with Crippen LogP contribution >= 0.6 is 0 Å². The van der Waals surface area contributed by atoms with E-state index in [1.54, 1.807) is 0 Å². The predicted octanol–water partition coefficient (Wildman–Crippen LogP) is 1.51. The molecule has 1 aromatic heterocycles. The van der Waals surface area contributed by atoms with Crippen molar-refractivity contribution in [3.8, 4) is 6.07 Å². The first-order chi connectivity index (χ1) is 11.6. The molecule has 3 heterocycles. The van der Waals surface area contributed by atoms with Crippen molar-refractivity contribution >= 4 is 11.6 Å². The van der Waals surface area contributed by atoms with E-state index in [0.717, 1.165) is 62.9 Å². The third-order valence-electron chi connectivity index (χ3n) is 4.93. The van der Waals surface area contributed by atoms with Gasteiger partial charge >= 0.3 is 0 Å². The highest BCUT2D eigenvalue weighted by atomic mass is 15.2. The topological polar surface area (TPSA) is 58.4 Å². The maximum Gasteiger partial charge on any atom is 0.146 e. The third-order valence-corrected chi connectivity index (χ3v) is 4.93. The number of pyridine rings is 1. The number of hydrogen-bond acceptors (Lipinski definition) is 6. The quantitative estimate of drug-likeness (QED) is 0.884. The lowest BCUT2D eigenvalue weighted by molar-refractivity contribution is 0.312. The molecule has 6 heteroatoms. The summed E-state index contributed by atoms with van der Waals surface area (Å²) in [5, 5.41) is 13.1. The smallest absolute Gasteiger partial charge is 0.146 e. The van der Waals surface area contributed by atoms with Crippen LogP contribution in [0.4, 0.5) is 11.6 Å². The van der Waals surface area contributed by atoms with Crippen LogP contribution in [0.15, 0.2) is 0 Å². The van der Waals surface area contributed by atoms with Crippen LogP contribution in [0.2, 0.25) is 0 Å². The average molecular weight is 328 g/mol. The van der Waals surface area contributed by atoms with Crippen molar-refractivity contribution in [3.63, 3.8) is 0 Å². The first kappa shape index (κ1) is 17.0. The van der Waals surface area contributed by atoms with Crippen molar-refractivity contribution in [2.75, 3.05) is 64.1 Å². The number of anilines is 2. The molecule has 1 N–H and O–H groups in total. The maximum absolute atomic E-state index is 9.74. The Bertz CT molecular complexity index is 627. The number of hydrogen-bond donors (Lipinski definition) is 1. The second-order valence-corrected chi connectivity index (χ2v) is 7.14. The molecular formula is C18H28N6. The minimum absolute atomic E-state index is 0.750. The van der Waals surface area contributed by atoms with Gasteiger partial charge in [-0.05, 0) is 46.0 Å². The molecule has 1 saturated heterocycles. The van der Waals surface area contributed by atoms with E-state index in [4.69, 9.17) is 4.98 Å². The van der Waals surface area contributed by atoms with E-state index in [0.29, 0.717) is 0 Å². The molecule has 0 radical (unpaired) electrons.